The Balaban J connectivity index is 2.46. The van der Waals surface area contributed by atoms with Gasteiger partial charge in [0.2, 0.25) is 0 Å². The van der Waals surface area contributed by atoms with Crippen LogP contribution in [-0.2, 0) is 5.60 Å². The van der Waals surface area contributed by atoms with Gasteiger partial charge in [-0.2, -0.15) is 5.26 Å². The lowest BCUT2D eigenvalue weighted by atomic mass is 9.87. The Bertz CT molecular complexity index is 418. The van der Waals surface area contributed by atoms with Gasteiger partial charge in [0.1, 0.15) is 0 Å². The van der Waals surface area contributed by atoms with Crippen LogP contribution in [0.2, 0.25) is 0 Å². The predicted octanol–water partition coefficient (Wildman–Crippen LogP) is 2.81. The van der Waals surface area contributed by atoms with Gasteiger partial charge in [-0.05, 0) is 24.3 Å². The van der Waals surface area contributed by atoms with Gasteiger partial charge in [0.25, 0.3) is 0 Å². The van der Waals surface area contributed by atoms with Crippen molar-refractivity contribution in [3.63, 3.8) is 0 Å². The van der Waals surface area contributed by atoms with E-state index in [1.54, 1.807) is 0 Å². The minimum atomic E-state index is -0.868. The van der Waals surface area contributed by atoms with Gasteiger partial charge in [-0.15, -0.1) is 0 Å². The molecule has 0 radical (unpaired) electrons. The van der Waals surface area contributed by atoms with Crippen LogP contribution in [0, 0.1) is 16.7 Å². The van der Waals surface area contributed by atoms with Gasteiger partial charge in [0, 0.05) is 19.5 Å². The molecule has 0 saturated heterocycles. The molecule has 0 spiro atoms. The molecule has 0 amide bonds. The summed E-state index contributed by atoms with van der Waals surface area (Å²) in [4.78, 5) is 0. The smallest absolute Gasteiger partial charge is 0.0992 e. The molecule has 0 fully saturated rings. The molecule has 3 nitrogen and oxygen atoms in total. The van der Waals surface area contributed by atoms with Crippen molar-refractivity contribution in [3.05, 3.63) is 35.9 Å². The summed E-state index contributed by atoms with van der Waals surface area (Å²) in [7, 11) is 0. The third kappa shape index (κ3) is 5.42. The lowest BCUT2D eigenvalue weighted by molar-refractivity contribution is 0.0541. The molecule has 2 N–H and O–H groups in total. The Labute approximate surface area is 116 Å². The molecule has 0 aliphatic carbocycles. The van der Waals surface area contributed by atoms with E-state index >= 15 is 0 Å². The molecule has 0 aliphatic heterocycles. The van der Waals surface area contributed by atoms with Gasteiger partial charge >= 0.3 is 0 Å². The molecule has 0 saturated carbocycles. The highest BCUT2D eigenvalue weighted by Gasteiger charge is 2.24. The van der Waals surface area contributed by atoms with Crippen LogP contribution in [0.4, 0.5) is 0 Å². The highest BCUT2D eigenvalue weighted by Crippen LogP contribution is 2.22. The van der Waals surface area contributed by atoms with Crippen molar-refractivity contribution in [2.75, 3.05) is 13.1 Å². The summed E-state index contributed by atoms with van der Waals surface area (Å²) < 4.78 is 0. The van der Waals surface area contributed by atoms with Crippen molar-refractivity contribution < 1.29 is 5.11 Å². The molecule has 1 unspecified atom stereocenters. The summed E-state index contributed by atoms with van der Waals surface area (Å²) in [6.45, 7) is 7.38. The zero-order valence-corrected chi connectivity index (χ0v) is 12.1. The molecule has 0 heterocycles. The number of benzene rings is 1. The maximum Gasteiger partial charge on any atom is 0.0992 e. The Morgan fingerprint density at radius 3 is 2.37 bits per heavy atom. The maximum absolute atomic E-state index is 10.4. The van der Waals surface area contributed by atoms with Crippen LogP contribution in [0.3, 0.4) is 0 Å². The summed E-state index contributed by atoms with van der Waals surface area (Å²) in [6.07, 6.45) is 1.44. The van der Waals surface area contributed by atoms with Crippen molar-refractivity contribution in [3.8, 4) is 6.07 Å². The molecule has 0 bridgehead atoms. The SMILES string of the molecule is CC(C)(CCC#N)CNCC(C)(O)c1ccccc1. The quantitative estimate of drug-likeness (QED) is 0.792. The minimum Gasteiger partial charge on any atom is -0.384 e. The largest absolute Gasteiger partial charge is 0.384 e. The van der Waals surface area contributed by atoms with Crippen molar-refractivity contribution in [1.82, 2.24) is 5.32 Å². The monoisotopic (exact) mass is 260 g/mol. The highest BCUT2D eigenvalue weighted by molar-refractivity contribution is 5.21. The maximum atomic E-state index is 10.4. The summed E-state index contributed by atoms with van der Waals surface area (Å²) in [5.41, 5.74) is 0.118. The van der Waals surface area contributed by atoms with E-state index in [1.807, 2.05) is 37.3 Å². The van der Waals surface area contributed by atoms with Crippen LogP contribution in [0.1, 0.15) is 39.2 Å². The lowest BCUT2D eigenvalue weighted by Gasteiger charge is -2.29. The third-order valence-corrected chi connectivity index (χ3v) is 3.38. The average Bonchev–Trinajstić information content (AvgIpc) is 2.37. The zero-order chi connectivity index (χ0) is 14.4. The van der Waals surface area contributed by atoms with Crippen LogP contribution in [0.5, 0.6) is 0 Å². The van der Waals surface area contributed by atoms with E-state index in [-0.39, 0.29) is 5.41 Å². The van der Waals surface area contributed by atoms with E-state index in [0.29, 0.717) is 13.0 Å². The molecular weight excluding hydrogens is 236 g/mol. The number of hydrogen-bond donors (Lipinski definition) is 2. The Morgan fingerprint density at radius 1 is 1.16 bits per heavy atom. The van der Waals surface area contributed by atoms with Crippen LogP contribution in [0.15, 0.2) is 30.3 Å². The van der Waals surface area contributed by atoms with Crippen molar-refractivity contribution >= 4 is 0 Å². The first-order valence-corrected chi connectivity index (χ1v) is 6.73. The average molecular weight is 260 g/mol. The third-order valence-electron chi connectivity index (χ3n) is 3.38. The molecule has 1 rings (SSSR count). The van der Waals surface area contributed by atoms with Gasteiger partial charge in [0.15, 0.2) is 0 Å². The molecule has 3 heteroatoms. The van der Waals surface area contributed by atoms with Gasteiger partial charge < -0.3 is 10.4 Å². The van der Waals surface area contributed by atoms with E-state index in [0.717, 1.165) is 18.5 Å². The second kappa shape index (κ2) is 6.70. The summed E-state index contributed by atoms with van der Waals surface area (Å²) in [5, 5.41) is 22.4. The molecule has 1 aromatic carbocycles. The Kier molecular flexibility index (Phi) is 5.53. The van der Waals surface area contributed by atoms with Crippen LogP contribution in [0.25, 0.3) is 0 Å². The first-order chi connectivity index (χ1) is 8.87. The highest BCUT2D eigenvalue weighted by atomic mass is 16.3. The minimum absolute atomic E-state index is 0.0719. The summed E-state index contributed by atoms with van der Waals surface area (Å²) in [6, 6.07) is 11.9. The fraction of sp³-hybridized carbons (Fsp3) is 0.562. The standard InChI is InChI=1S/C16H24N2O/c1-15(2,10-7-11-17)12-18-13-16(3,19)14-8-5-4-6-9-14/h4-6,8-9,18-19H,7,10,12-13H2,1-3H3. The van der Waals surface area contributed by atoms with Gasteiger partial charge in [-0.1, -0.05) is 44.2 Å². The van der Waals surface area contributed by atoms with Crippen molar-refractivity contribution in [2.45, 2.75) is 39.2 Å². The van der Waals surface area contributed by atoms with E-state index in [4.69, 9.17) is 5.26 Å². The second-order valence-corrected chi connectivity index (χ2v) is 6.07. The second-order valence-electron chi connectivity index (χ2n) is 6.07. The first kappa shape index (κ1) is 15.7. The van der Waals surface area contributed by atoms with E-state index < -0.39 is 5.60 Å². The van der Waals surface area contributed by atoms with Gasteiger partial charge in [-0.3, -0.25) is 0 Å². The van der Waals surface area contributed by atoms with Crippen molar-refractivity contribution in [2.24, 2.45) is 5.41 Å². The Morgan fingerprint density at radius 2 is 1.79 bits per heavy atom. The molecule has 0 aromatic heterocycles. The van der Waals surface area contributed by atoms with Crippen LogP contribution >= 0.6 is 0 Å². The number of nitrogens with zero attached hydrogens (tertiary/aromatic N) is 1. The van der Waals surface area contributed by atoms with Crippen LogP contribution < -0.4 is 5.32 Å². The number of nitriles is 1. The topological polar surface area (TPSA) is 56.0 Å². The fourth-order valence-corrected chi connectivity index (χ4v) is 2.03. The van der Waals surface area contributed by atoms with E-state index in [9.17, 15) is 5.11 Å². The zero-order valence-electron chi connectivity index (χ0n) is 12.1. The Hall–Kier alpha value is -1.37. The normalized spacial score (nSPS) is 14.7. The lowest BCUT2D eigenvalue weighted by Crippen LogP contribution is -2.39. The molecule has 1 atom stereocenters. The predicted molar refractivity (Wildman–Crippen MR) is 77.5 cm³/mol. The first-order valence-electron chi connectivity index (χ1n) is 6.73. The fourth-order valence-electron chi connectivity index (χ4n) is 2.03. The number of rotatable bonds is 7. The van der Waals surface area contributed by atoms with E-state index in [2.05, 4.69) is 25.2 Å². The number of nitrogens with one attached hydrogen (secondary N) is 1. The molecule has 1 aromatic rings. The molecule has 0 aliphatic rings. The van der Waals surface area contributed by atoms with Crippen molar-refractivity contribution in [1.29, 1.82) is 5.26 Å². The van der Waals surface area contributed by atoms with Crippen LogP contribution in [-0.4, -0.2) is 18.2 Å². The van der Waals surface area contributed by atoms with E-state index in [1.165, 1.54) is 0 Å². The number of hydrogen-bond acceptors (Lipinski definition) is 3. The molecule has 104 valence electrons. The molecular formula is C16H24N2O. The van der Waals surface area contributed by atoms with Gasteiger partial charge in [-0.25, -0.2) is 0 Å². The summed E-state index contributed by atoms with van der Waals surface area (Å²) >= 11 is 0. The summed E-state index contributed by atoms with van der Waals surface area (Å²) in [5.74, 6) is 0. The molecule has 19 heavy (non-hydrogen) atoms. The number of aliphatic hydroxyl groups is 1. The van der Waals surface area contributed by atoms with Gasteiger partial charge in [0.05, 0.1) is 11.7 Å².